The van der Waals surface area contributed by atoms with Gasteiger partial charge < -0.3 is 11.5 Å². The summed E-state index contributed by atoms with van der Waals surface area (Å²) in [6, 6.07) is 0.182. The van der Waals surface area contributed by atoms with E-state index < -0.39 is 5.66 Å². The fraction of sp³-hybridized carbons (Fsp3) is 0.556. The molecule has 0 amide bonds. The Morgan fingerprint density at radius 1 is 1.42 bits per heavy atom. The van der Waals surface area contributed by atoms with Crippen molar-refractivity contribution < 1.29 is 0 Å². The van der Waals surface area contributed by atoms with Gasteiger partial charge in [-0.3, -0.25) is 5.32 Å². The molecule has 0 bridgehead atoms. The quantitative estimate of drug-likeness (QED) is 0.511. The summed E-state index contributed by atoms with van der Waals surface area (Å²) in [6.45, 7) is 4.10. The van der Waals surface area contributed by atoms with Crippen molar-refractivity contribution in [1.82, 2.24) is 5.32 Å². The van der Waals surface area contributed by atoms with Crippen molar-refractivity contribution in [3.63, 3.8) is 0 Å². The fourth-order valence-electron chi connectivity index (χ4n) is 1.31. The summed E-state index contributed by atoms with van der Waals surface area (Å²) in [5.74, 6) is 0. The Morgan fingerprint density at radius 2 is 2.08 bits per heavy atom. The topological polar surface area (TPSA) is 64.1 Å². The molecule has 3 heteroatoms. The van der Waals surface area contributed by atoms with E-state index in [0.29, 0.717) is 6.04 Å². The van der Waals surface area contributed by atoms with Crippen LogP contribution < -0.4 is 16.8 Å². The number of hydrogen-bond donors (Lipinski definition) is 3. The van der Waals surface area contributed by atoms with Gasteiger partial charge in [-0.2, -0.15) is 0 Å². The summed E-state index contributed by atoms with van der Waals surface area (Å²) in [5.41, 5.74) is 11.3. The van der Waals surface area contributed by atoms with Crippen molar-refractivity contribution in [2.24, 2.45) is 11.5 Å². The second-order valence-corrected chi connectivity index (χ2v) is 3.50. The van der Waals surface area contributed by atoms with E-state index in [4.69, 9.17) is 11.5 Å². The highest BCUT2D eigenvalue weighted by molar-refractivity contribution is 5.25. The van der Waals surface area contributed by atoms with Crippen molar-refractivity contribution in [2.45, 2.75) is 31.6 Å². The number of hydrogen-bond acceptors (Lipinski definition) is 3. The van der Waals surface area contributed by atoms with Crippen LogP contribution in [0.2, 0.25) is 0 Å². The standard InChI is InChI=1S/C9H17N3/c1-7(2)12-9(11)6-4-3-5-8(9)10/h3-8,12H,10-11H2,1-2H3. The average Bonchev–Trinajstić information content (AvgIpc) is 1.94. The first-order valence-electron chi connectivity index (χ1n) is 4.23. The van der Waals surface area contributed by atoms with Crippen LogP contribution in [-0.2, 0) is 0 Å². The van der Waals surface area contributed by atoms with Crippen molar-refractivity contribution in [3.05, 3.63) is 24.3 Å². The highest BCUT2D eigenvalue weighted by atomic mass is 15.1. The Hall–Kier alpha value is -0.640. The van der Waals surface area contributed by atoms with Gasteiger partial charge in [0, 0.05) is 6.04 Å². The molecule has 0 saturated heterocycles. The first-order chi connectivity index (χ1) is 5.54. The molecule has 0 fully saturated rings. The molecule has 68 valence electrons. The second kappa shape index (κ2) is 3.39. The van der Waals surface area contributed by atoms with Gasteiger partial charge in [0.15, 0.2) is 0 Å². The largest absolute Gasteiger partial charge is 0.322 e. The third kappa shape index (κ3) is 1.94. The van der Waals surface area contributed by atoms with Crippen LogP contribution in [0.5, 0.6) is 0 Å². The van der Waals surface area contributed by atoms with E-state index >= 15 is 0 Å². The van der Waals surface area contributed by atoms with Crippen LogP contribution in [0.4, 0.5) is 0 Å². The van der Waals surface area contributed by atoms with Gasteiger partial charge >= 0.3 is 0 Å². The lowest BCUT2D eigenvalue weighted by Crippen LogP contribution is -2.65. The maximum atomic E-state index is 6.03. The molecule has 0 aromatic carbocycles. The molecular weight excluding hydrogens is 150 g/mol. The number of rotatable bonds is 2. The Morgan fingerprint density at radius 3 is 2.58 bits per heavy atom. The van der Waals surface area contributed by atoms with Crippen LogP contribution >= 0.6 is 0 Å². The molecule has 5 N–H and O–H groups in total. The van der Waals surface area contributed by atoms with E-state index in [1.54, 1.807) is 0 Å². The molecule has 2 atom stereocenters. The van der Waals surface area contributed by atoms with Gasteiger partial charge in [0.05, 0.1) is 6.04 Å². The van der Waals surface area contributed by atoms with Crippen LogP contribution in [0.1, 0.15) is 13.8 Å². The second-order valence-electron chi connectivity index (χ2n) is 3.50. The molecule has 1 aliphatic carbocycles. The minimum absolute atomic E-state index is 0.148. The zero-order valence-electron chi connectivity index (χ0n) is 7.62. The predicted molar refractivity (Wildman–Crippen MR) is 51.4 cm³/mol. The molecule has 2 unspecified atom stereocenters. The summed E-state index contributed by atoms with van der Waals surface area (Å²) in [6.07, 6.45) is 7.63. The van der Waals surface area contributed by atoms with Crippen LogP contribution in [0.25, 0.3) is 0 Å². The summed E-state index contributed by atoms with van der Waals surface area (Å²) in [4.78, 5) is 0. The van der Waals surface area contributed by atoms with Crippen molar-refractivity contribution >= 4 is 0 Å². The lowest BCUT2D eigenvalue weighted by Gasteiger charge is -2.35. The highest BCUT2D eigenvalue weighted by Gasteiger charge is 2.29. The molecule has 0 heterocycles. The maximum Gasteiger partial charge on any atom is 0.105 e. The molecule has 0 aromatic heterocycles. The van der Waals surface area contributed by atoms with E-state index in [-0.39, 0.29) is 6.04 Å². The van der Waals surface area contributed by atoms with Crippen molar-refractivity contribution in [1.29, 1.82) is 0 Å². The van der Waals surface area contributed by atoms with E-state index in [9.17, 15) is 0 Å². The normalized spacial score (nSPS) is 34.6. The smallest absolute Gasteiger partial charge is 0.105 e. The lowest BCUT2D eigenvalue weighted by molar-refractivity contribution is 0.344. The molecule has 0 saturated carbocycles. The summed E-state index contributed by atoms with van der Waals surface area (Å²) in [7, 11) is 0. The summed E-state index contributed by atoms with van der Waals surface area (Å²) < 4.78 is 0. The van der Waals surface area contributed by atoms with Gasteiger partial charge in [-0.15, -0.1) is 0 Å². The molecule has 0 aliphatic heterocycles. The molecule has 12 heavy (non-hydrogen) atoms. The first-order valence-corrected chi connectivity index (χ1v) is 4.23. The Kier molecular flexibility index (Phi) is 2.67. The minimum Gasteiger partial charge on any atom is -0.322 e. The zero-order chi connectivity index (χ0) is 9.19. The molecule has 0 aromatic rings. The number of nitrogens with two attached hydrogens (primary N) is 2. The van der Waals surface area contributed by atoms with Gasteiger partial charge in [-0.25, -0.2) is 0 Å². The van der Waals surface area contributed by atoms with Crippen LogP contribution in [0.15, 0.2) is 24.3 Å². The Balaban J connectivity index is 2.69. The monoisotopic (exact) mass is 167 g/mol. The number of allylic oxidation sites excluding steroid dienone is 2. The first kappa shape index (κ1) is 9.45. The maximum absolute atomic E-state index is 6.03. The van der Waals surface area contributed by atoms with Crippen LogP contribution in [-0.4, -0.2) is 17.7 Å². The highest BCUT2D eigenvalue weighted by Crippen LogP contribution is 2.10. The summed E-state index contributed by atoms with van der Waals surface area (Å²) >= 11 is 0. The van der Waals surface area contributed by atoms with Crippen molar-refractivity contribution in [3.8, 4) is 0 Å². The van der Waals surface area contributed by atoms with Gasteiger partial charge in [-0.1, -0.05) is 18.2 Å². The predicted octanol–water partition coefficient (Wildman–Crippen LogP) is 0.0927. The molecule has 1 rings (SSSR count). The van der Waals surface area contributed by atoms with Gasteiger partial charge in [-0.05, 0) is 19.9 Å². The minimum atomic E-state index is -0.580. The lowest BCUT2D eigenvalue weighted by atomic mass is 9.96. The zero-order valence-corrected chi connectivity index (χ0v) is 7.62. The van der Waals surface area contributed by atoms with E-state index in [2.05, 4.69) is 5.32 Å². The van der Waals surface area contributed by atoms with Gasteiger partial charge in [0.2, 0.25) is 0 Å². The third-order valence-corrected chi connectivity index (χ3v) is 1.89. The van der Waals surface area contributed by atoms with Crippen LogP contribution in [0.3, 0.4) is 0 Å². The molecule has 0 spiro atoms. The third-order valence-electron chi connectivity index (χ3n) is 1.89. The molecular formula is C9H17N3. The van der Waals surface area contributed by atoms with E-state index in [0.717, 1.165) is 0 Å². The van der Waals surface area contributed by atoms with Crippen molar-refractivity contribution in [2.75, 3.05) is 0 Å². The van der Waals surface area contributed by atoms with Crippen LogP contribution in [0, 0.1) is 0 Å². The van der Waals surface area contributed by atoms with Gasteiger partial charge in [0.25, 0.3) is 0 Å². The average molecular weight is 167 g/mol. The van der Waals surface area contributed by atoms with Gasteiger partial charge in [0.1, 0.15) is 5.66 Å². The molecule has 0 radical (unpaired) electrons. The fourth-order valence-corrected chi connectivity index (χ4v) is 1.31. The molecule has 1 aliphatic rings. The Bertz CT molecular complexity index is 208. The molecule has 3 nitrogen and oxygen atoms in total. The summed E-state index contributed by atoms with van der Waals surface area (Å²) in [5, 5.41) is 3.22. The van der Waals surface area contributed by atoms with E-state index in [1.807, 2.05) is 38.2 Å². The Labute approximate surface area is 73.5 Å². The number of nitrogens with one attached hydrogen (secondary N) is 1. The van der Waals surface area contributed by atoms with E-state index in [1.165, 1.54) is 0 Å². The SMILES string of the molecule is CC(C)NC1(N)C=CC=CC1N.